The van der Waals surface area contributed by atoms with Crippen molar-refractivity contribution in [3.8, 4) is 0 Å². The summed E-state index contributed by atoms with van der Waals surface area (Å²) in [6.07, 6.45) is 5.63. The first-order valence-corrected chi connectivity index (χ1v) is 6.28. The highest BCUT2D eigenvalue weighted by atomic mass is 79.9. The number of hydrogen-bond donors (Lipinski definition) is 0. The molecule has 1 aromatic rings. The molecule has 84 valence electrons. The van der Waals surface area contributed by atoms with Crippen LogP contribution in [-0.2, 0) is 0 Å². The lowest BCUT2D eigenvalue weighted by atomic mass is 9.89. The van der Waals surface area contributed by atoms with Crippen molar-refractivity contribution in [2.75, 3.05) is 0 Å². The first-order valence-electron chi connectivity index (χ1n) is 5.49. The molecule has 0 aromatic carbocycles. The van der Waals surface area contributed by atoms with E-state index in [9.17, 15) is 5.21 Å². The first kappa shape index (κ1) is 10.3. The maximum atomic E-state index is 11.3. The van der Waals surface area contributed by atoms with Crippen LogP contribution in [0.25, 0.3) is 0 Å². The highest BCUT2D eigenvalue weighted by Gasteiger charge is 2.57. The van der Waals surface area contributed by atoms with E-state index in [-0.39, 0.29) is 4.32 Å². The third-order valence-corrected chi connectivity index (χ3v) is 5.84. The standard InChI is InChI=1S/C12H13BrN2O/c1-7(2)12(13)10-3-4-11(12)9-6-15(16)14-5-8(9)10/h5-6,10-11H,1,3-4H2,2H3/t10-,11+,12+/m0/s1. The van der Waals surface area contributed by atoms with Gasteiger partial charge in [0.1, 0.15) is 0 Å². The van der Waals surface area contributed by atoms with Gasteiger partial charge < -0.3 is 5.21 Å². The molecule has 2 bridgehead atoms. The summed E-state index contributed by atoms with van der Waals surface area (Å²) >= 11 is 3.87. The minimum absolute atomic E-state index is 0.0502. The minimum atomic E-state index is -0.0502. The van der Waals surface area contributed by atoms with Crippen LogP contribution in [0.2, 0.25) is 0 Å². The normalized spacial score (nSPS) is 35.1. The molecule has 0 N–H and O–H groups in total. The Morgan fingerprint density at radius 1 is 1.56 bits per heavy atom. The van der Waals surface area contributed by atoms with Crippen LogP contribution in [0.5, 0.6) is 0 Å². The molecular formula is C12H13BrN2O. The minimum Gasteiger partial charge on any atom is -0.594 e. The van der Waals surface area contributed by atoms with E-state index < -0.39 is 0 Å². The molecule has 0 spiro atoms. The molecule has 0 amide bonds. The Morgan fingerprint density at radius 2 is 2.19 bits per heavy atom. The zero-order valence-electron chi connectivity index (χ0n) is 9.11. The summed E-state index contributed by atoms with van der Waals surface area (Å²) in [5.41, 5.74) is 3.53. The van der Waals surface area contributed by atoms with Crippen molar-refractivity contribution >= 4 is 15.9 Å². The highest BCUT2D eigenvalue weighted by molar-refractivity contribution is 9.10. The van der Waals surface area contributed by atoms with Gasteiger partial charge in [0, 0.05) is 22.5 Å². The smallest absolute Gasteiger partial charge is 0.213 e. The molecule has 1 aromatic heterocycles. The van der Waals surface area contributed by atoms with Crippen LogP contribution in [0.3, 0.4) is 0 Å². The van der Waals surface area contributed by atoms with Crippen LogP contribution in [0.1, 0.15) is 42.7 Å². The third kappa shape index (κ3) is 1.03. The summed E-state index contributed by atoms with van der Waals surface area (Å²) in [4.78, 5) is 0.658. The van der Waals surface area contributed by atoms with Gasteiger partial charge in [-0.3, -0.25) is 0 Å². The van der Waals surface area contributed by atoms with Gasteiger partial charge in [0.05, 0.1) is 10.5 Å². The van der Waals surface area contributed by atoms with E-state index in [4.69, 9.17) is 0 Å². The SMILES string of the molecule is C=C(C)[C@]1(Br)[C@@H]2CC[C@H]1c1cn[n+]([O-])cc12. The number of hydrogen-bond acceptors (Lipinski definition) is 2. The fraction of sp³-hybridized carbons (Fsp3) is 0.500. The molecule has 2 aliphatic rings. The topological polar surface area (TPSA) is 39.8 Å². The van der Waals surface area contributed by atoms with Crippen molar-refractivity contribution in [3.63, 3.8) is 0 Å². The molecule has 0 unspecified atom stereocenters. The fourth-order valence-corrected chi connectivity index (χ4v) is 4.31. The molecule has 1 fully saturated rings. The Bertz CT molecular complexity index is 488. The first-order chi connectivity index (χ1) is 7.55. The average molecular weight is 281 g/mol. The molecule has 3 nitrogen and oxygen atoms in total. The van der Waals surface area contributed by atoms with Crippen molar-refractivity contribution in [1.82, 2.24) is 5.10 Å². The fourth-order valence-electron chi connectivity index (χ4n) is 3.36. The predicted octanol–water partition coefficient (Wildman–Crippen LogP) is 2.40. The van der Waals surface area contributed by atoms with Gasteiger partial charge in [-0.2, -0.15) is 0 Å². The van der Waals surface area contributed by atoms with Crippen LogP contribution in [0.15, 0.2) is 24.5 Å². The lowest BCUT2D eigenvalue weighted by Crippen LogP contribution is -2.31. The van der Waals surface area contributed by atoms with Crippen molar-refractivity contribution in [3.05, 3.63) is 40.9 Å². The summed E-state index contributed by atoms with van der Waals surface area (Å²) in [7, 11) is 0. The summed E-state index contributed by atoms with van der Waals surface area (Å²) < 4.78 is -0.0502. The lowest BCUT2D eigenvalue weighted by molar-refractivity contribution is -0.669. The second-order valence-corrected chi connectivity index (χ2v) is 6.13. The van der Waals surface area contributed by atoms with Crippen molar-refractivity contribution in [2.45, 2.75) is 35.9 Å². The quantitative estimate of drug-likeness (QED) is 0.343. The highest BCUT2D eigenvalue weighted by Crippen LogP contribution is 2.65. The Balaban J connectivity index is 2.20. The summed E-state index contributed by atoms with van der Waals surface area (Å²) in [5.74, 6) is 0.812. The molecule has 0 radical (unpaired) electrons. The van der Waals surface area contributed by atoms with Gasteiger partial charge in [-0.25, -0.2) is 0 Å². The van der Waals surface area contributed by atoms with Crippen molar-refractivity contribution in [2.24, 2.45) is 0 Å². The zero-order chi connectivity index (χ0) is 11.5. The van der Waals surface area contributed by atoms with E-state index in [0.717, 1.165) is 24.0 Å². The zero-order valence-corrected chi connectivity index (χ0v) is 10.7. The molecule has 2 aliphatic carbocycles. The number of alkyl halides is 1. The van der Waals surface area contributed by atoms with Crippen LogP contribution < -0.4 is 4.85 Å². The van der Waals surface area contributed by atoms with Crippen LogP contribution >= 0.6 is 15.9 Å². The number of aromatic nitrogens is 2. The van der Waals surface area contributed by atoms with Crippen molar-refractivity contribution < 1.29 is 4.85 Å². The van der Waals surface area contributed by atoms with E-state index in [1.807, 2.05) is 0 Å². The maximum Gasteiger partial charge on any atom is 0.213 e. The Labute approximate surface area is 103 Å². The molecule has 3 atom stereocenters. The second kappa shape index (κ2) is 3.06. The number of rotatable bonds is 1. The Kier molecular flexibility index (Phi) is 1.97. The van der Waals surface area contributed by atoms with E-state index >= 15 is 0 Å². The number of nitrogens with zero attached hydrogens (tertiary/aromatic N) is 2. The monoisotopic (exact) mass is 280 g/mol. The van der Waals surface area contributed by atoms with Gasteiger partial charge in [0.15, 0.2) is 0 Å². The van der Waals surface area contributed by atoms with Crippen molar-refractivity contribution in [1.29, 1.82) is 0 Å². The van der Waals surface area contributed by atoms with E-state index in [1.54, 1.807) is 12.4 Å². The molecule has 3 rings (SSSR count). The predicted molar refractivity (Wildman–Crippen MR) is 64.4 cm³/mol. The third-order valence-electron chi connectivity index (χ3n) is 4.06. The van der Waals surface area contributed by atoms with Crippen LogP contribution in [0.4, 0.5) is 0 Å². The van der Waals surface area contributed by atoms with Crippen LogP contribution in [0, 0.1) is 5.21 Å². The Morgan fingerprint density at radius 3 is 2.81 bits per heavy atom. The average Bonchev–Trinajstić information content (AvgIpc) is 2.69. The maximum absolute atomic E-state index is 11.3. The number of halogens is 1. The molecule has 1 saturated carbocycles. The molecule has 0 aliphatic heterocycles. The molecule has 16 heavy (non-hydrogen) atoms. The molecule has 1 heterocycles. The van der Waals surface area contributed by atoms with Crippen LogP contribution in [-0.4, -0.2) is 9.42 Å². The molecule has 4 heteroatoms. The van der Waals surface area contributed by atoms with Gasteiger partial charge in [0.25, 0.3) is 0 Å². The molecular weight excluding hydrogens is 268 g/mol. The second-order valence-electron chi connectivity index (χ2n) is 4.82. The summed E-state index contributed by atoms with van der Waals surface area (Å²) in [6, 6.07) is 0. The van der Waals surface area contributed by atoms with Gasteiger partial charge in [-0.05, 0) is 25.3 Å². The Hall–Kier alpha value is -0.900. The van der Waals surface area contributed by atoms with E-state index in [2.05, 4.69) is 34.5 Å². The largest absolute Gasteiger partial charge is 0.594 e. The lowest BCUT2D eigenvalue weighted by Gasteiger charge is -2.28. The van der Waals surface area contributed by atoms with Gasteiger partial charge in [0.2, 0.25) is 6.20 Å². The van der Waals surface area contributed by atoms with Gasteiger partial charge >= 0.3 is 0 Å². The van der Waals surface area contributed by atoms with Gasteiger partial charge in [-0.1, -0.05) is 32.9 Å². The number of fused-ring (bicyclic) bond motifs is 5. The molecule has 0 saturated heterocycles. The van der Waals surface area contributed by atoms with Gasteiger partial charge in [-0.15, -0.1) is 0 Å². The number of allylic oxidation sites excluding steroid dienone is 1. The van der Waals surface area contributed by atoms with E-state index in [0.29, 0.717) is 16.7 Å². The van der Waals surface area contributed by atoms with E-state index in [1.165, 1.54) is 5.56 Å². The summed E-state index contributed by atoms with van der Waals surface area (Å²) in [5, 5.41) is 15.1. The summed E-state index contributed by atoms with van der Waals surface area (Å²) in [6.45, 7) is 6.16.